The Bertz CT molecular complexity index is 1280. The first-order chi connectivity index (χ1) is 18.2. The molecular formula is C28H40F2N4O3SSi. The predicted octanol–water partition coefficient (Wildman–Crippen LogP) is 6.85. The number of fused-ring (bicyclic) bond motifs is 1. The lowest BCUT2D eigenvalue weighted by Gasteiger charge is -2.23. The van der Waals surface area contributed by atoms with Gasteiger partial charge in [-0.2, -0.15) is 0 Å². The van der Waals surface area contributed by atoms with Gasteiger partial charge < -0.3 is 29.8 Å². The van der Waals surface area contributed by atoms with Gasteiger partial charge in [-0.15, -0.1) is 0 Å². The van der Waals surface area contributed by atoms with Crippen LogP contribution in [0.25, 0.3) is 11.0 Å². The van der Waals surface area contributed by atoms with E-state index in [1.54, 1.807) is 12.3 Å². The molecule has 3 N–H and O–H groups in total. The number of aromatic nitrogens is 2. The number of nitrogens with zero attached hydrogens (tertiary/aromatic N) is 2. The topological polar surface area (TPSA) is 80.6 Å². The van der Waals surface area contributed by atoms with Crippen LogP contribution in [0.2, 0.25) is 25.7 Å². The number of thiocarbonyl (C=S) groups is 1. The van der Waals surface area contributed by atoms with E-state index >= 15 is 8.78 Å². The summed E-state index contributed by atoms with van der Waals surface area (Å²) in [5, 5.41) is 16.0. The average Bonchev–Trinajstić information content (AvgIpc) is 3.22. The maximum Gasteiger partial charge on any atom is 0.198 e. The number of anilines is 1. The summed E-state index contributed by atoms with van der Waals surface area (Å²) in [5.74, 6) is -1.83. The highest BCUT2D eigenvalue weighted by atomic mass is 32.1. The summed E-state index contributed by atoms with van der Waals surface area (Å²) < 4.78 is 43.9. The van der Waals surface area contributed by atoms with Gasteiger partial charge in [0.1, 0.15) is 18.1 Å². The van der Waals surface area contributed by atoms with Crippen molar-refractivity contribution >= 4 is 42.1 Å². The molecule has 0 aliphatic rings. The van der Waals surface area contributed by atoms with E-state index in [2.05, 4.69) is 35.3 Å². The zero-order valence-electron chi connectivity index (χ0n) is 23.8. The predicted molar refractivity (Wildman–Crippen MR) is 159 cm³/mol. The van der Waals surface area contributed by atoms with Gasteiger partial charge in [-0.05, 0) is 35.8 Å². The van der Waals surface area contributed by atoms with Gasteiger partial charge in [-0.1, -0.05) is 47.3 Å². The van der Waals surface area contributed by atoms with Gasteiger partial charge in [0, 0.05) is 63.5 Å². The standard InChI is InChI=1S/C28H40F2N4O3SSi/c1-18(2)20-14-34(17-36-10-11-39(5,6)7)26-24(20)23(8-9-31-26)37-25-21(29)12-19(13-22(25)30)33-27(38)32-15-28(3,4)16-35/h8-9,12-14,18,35H,10-11,15-17H2,1-7H3,(H2,32,33,38). The van der Waals surface area contributed by atoms with E-state index in [9.17, 15) is 5.11 Å². The lowest BCUT2D eigenvalue weighted by atomic mass is 9.95. The first kappa shape index (κ1) is 30.9. The number of nitrogens with one attached hydrogen (secondary N) is 2. The highest BCUT2D eigenvalue weighted by molar-refractivity contribution is 7.80. The third-order valence-corrected chi connectivity index (χ3v) is 8.17. The molecule has 3 rings (SSSR count). The van der Waals surface area contributed by atoms with Crippen molar-refractivity contribution < 1.29 is 23.4 Å². The van der Waals surface area contributed by atoms with E-state index in [0.29, 0.717) is 36.7 Å². The number of aliphatic hydroxyl groups is 1. The second kappa shape index (κ2) is 12.7. The molecule has 0 radical (unpaired) electrons. The minimum absolute atomic E-state index is 0.0340. The molecule has 0 fully saturated rings. The monoisotopic (exact) mass is 578 g/mol. The summed E-state index contributed by atoms with van der Waals surface area (Å²) in [6.07, 6.45) is 3.53. The van der Waals surface area contributed by atoms with Gasteiger partial charge in [0.05, 0.1) is 5.39 Å². The molecule has 7 nitrogen and oxygen atoms in total. The molecule has 0 atom stereocenters. The Hall–Kier alpha value is -2.60. The van der Waals surface area contributed by atoms with E-state index in [4.69, 9.17) is 21.7 Å². The molecule has 11 heteroatoms. The van der Waals surface area contributed by atoms with Crippen molar-refractivity contribution in [3.63, 3.8) is 0 Å². The zero-order valence-corrected chi connectivity index (χ0v) is 25.6. The third kappa shape index (κ3) is 8.44. The summed E-state index contributed by atoms with van der Waals surface area (Å²) in [5.41, 5.74) is 1.32. The van der Waals surface area contributed by atoms with Crippen molar-refractivity contribution in [3.8, 4) is 11.5 Å². The van der Waals surface area contributed by atoms with Crippen LogP contribution in [-0.2, 0) is 11.5 Å². The first-order valence-electron chi connectivity index (χ1n) is 13.1. The lowest BCUT2D eigenvalue weighted by Crippen LogP contribution is -2.38. The fraction of sp³-hybridized carbons (Fsp3) is 0.500. The van der Waals surface area contributed by atoms with E-state index in [0.717, 1.165) is 23.7 Å². The highest BCUT2D eigenvalue weighted by Gasteiger charge is 2.22. The number of rotatable bonds is 12. The van der Waals surface area contributed by atoms with Gasteiger partial charge in [-0.3, -0.25) is 0 Å². The van der Waals surface area contributed by atoms with E-state index < -0.39 is 30.9 Å². The van der Waals surface area contributed by atoms with Crippen molar-refractivity contribution in [2.24, 2.45) is 5.41 Å². The number of halogens is 2. The molecule has 0 saturated heterocycles. The average molecular weight is 579 g/mol. The van der Waals surface area contributed by atoms with Crippen molar-refractivity contribution in [3.05, 3.63) is 47.8 Å². The summed E-state index contributed by atoms with van der Waals surface area (Å²) in [4.78, 5) is 4.52. The van der Waals surface area contributed by atoms with E-state index in [1.807, 2.05) is 38.5 Å². The Balaban J connectivity index is 1.83. The Morgan fingerprint density at radius 3 is 2.46 bits per heavy atom. The number of pyridine rings is 1. The van der Waals surface area contributed by atoms with Gasteiger partial charge in [0.15, 0.2) is 22.5 Å². The molecule has 2 heterocycles. The zero-order chi connectivity index (χ0) is 29.0. The second-order valence-corrected chi connectivity index (χ2v) is 18.1. The summed E-state index contributed by atoms with van der Waals surface area (Å²) >= 11 is 5.23. The van der Waals surface area contributed by atoms with Crippen LogP contribution in [-0.4, -0.2) is 47.6 Å². The van der Waals surface area contributed by atoms with Gasteiger partial charge >= 0.3 is 0 Å². The molecule has 0 bridgehead atoms. The Morgan fingerprint density at radius 1 is 1.21 bits per heavy atom. The quantitative estimate of drug-likeness (QED) is 0.123. The molecule has 0 unspecified atom stereocenters. The fourth-order valence-electron chi connectivity index (χ4n) is 3.77. The van der Waals surface area contributed by atoms with Gasteiger partial charge in [0.25, 0.3) is 0 Å². The summed E-state index contributed by atoms with van der Waals surface area (Å²) in [7, 11) is -1.22. The summed E-state index contributed by atoms with van der Waals surface area (Å²) in [6, 6.07) is 4.92. The van der Waals surface area contributed by atoms with Crippen LogP contribution < -0.4 is 15.4 Å². The van der Waals surface area contributed by atoms with Crippen LogP contribution in [0.5, 0.6) is 11.5 Å². The molecule has 0 spiro atoms. The molecule has 0 aliphatic heterocycles. The molecule has 1 aromatic carbocycles. The fourth-order valence-corrected chi connectivity index (χ4v) is 4.72. The molecule has 3 aromatic rings. The molecule has 0 amide bonds. The van der Waals surface area contributed by atoms with E-state index in [1.165, 1.54) is 0 Å². The van der Waals surface area contributed by atoms with Crippen LogP contribution in [0.1, 0.15) is 39.2 Å². The van der Waals surface area contributed by atoms with Crippen LogP contribution in [0.4, 0.5) is 14.5 Å². The lowest BCUT2D eigenvalue weighted by molar-refractivity contribution is 0.0898. The number of ether oxygens (including phenoxy) is 2. The number of hydrogen-bond acceptors (Lipinski definition) is 5. The maximum atomic E-state index is 15.1. The van der Waals surface area contributed by atoms with Crippen molar-refractivity contribution in [1.82, 2.24) is 14.9 Å². The van der Waals surface area contributed by atoms with Gasteiger partial charge in [0.2, 0.25) is 0 Å². The Labute approximate surface area is 235 Å². The van der Waals surface area contributed by atoms with Crippen molar-refractivity contribution in [2.45, 2.75) is 66.0 Å². The van der Waals surface area contributed by atoms with Crippen LogP contribution in [0.15, 0.2) is 30.6 Å². The first-order valence-corrected chi connectivity index (χ1v) is 17.2. The highest BCUT2D eigenvalue weighted by Crippen LogP contribution is 2.38. The van der Waals surface area contributed by atoms with Gasteiger partial charge in [-0.25, -0.2) is 13.8 Å². The number of hydrogen-bond donors (Lipinski definition) is 3. The second-order valence-electron chi connectivity index (χ2n) is 12.1. The normalized spacial score (nSPS) is 12.3. The SMILES string of the molecule is CC(C)c1cn(COCC[Si](C)(C)C)c2nccc(Oc3c(F)cc(NC(=S)NCC(C)(C)CO)cc3F)c12. The van der Waals surface area contributed by atoms with E-state index in [-0.39, 0.29) is 23.3 Å². The van der Waals surface area contributed by atoms with Crippen LogP contribution in [0.3, 0.4) is 0 Å². The largest absolute Gasteiger partial charge is 0.450 e. The minimum atomic E-state index is -1.22. The summed E-state index contributed by atoms with van der Waals surface area (Å²) in [6.45, 7) is 16.1. The van der Waals surface area contributed by atoms with Crippen LogP contribution >= 0.6 is 12.2 Å². The maximum absolute atomic E-state index is 15.1. The number of aliphatic hydroxyl groups excluding tert-OH is 1. The Kier molecular flexibility index (Phi) is 10.1. The van der Waals surface area contributed by atoms with Crippen molar-refractivity contribution in [1.29, 1.82) is 0 Å². The number of benzene rings is 1. The molecule has 2 aromatic heterocycles. The van der Waals surface area contributed by atoms with Crippen LogP contribution in [0, 0.1) is 17.0 Å². The molecule has 39 heavy (non-hydrogen) atoms. The third-order valence-electron chi connectivity index (χ3n) is 6.22. The molecule has 0 saturated carbocycles. The van der Waals surface area contributed by atoms with Crippen molar-refractivity contribution in [2.75, 3.05) is 25.1 Å². The Morgan fingerprint density at radius 2 is 1.87 bits per heavy atom. The minimum Gasteiger partial charge on any atom is -0.450 e. The molecule has 214 valence electrons. The molecular weight excluding hydrogens is 538 g/mol. The molecule has 0 aliphatic carbocycles. The smallest absolute Gasteiger partial charge is 0.198 e.